The van der Waals surface area contributed by atoms with Gasteiger partial charge in [-0.05, 0) is 50.2 Å². The fourth-order valence-electron chi connectivity index (χ4n) is 4.15. The van der Waals surface area contributed by atoms with Crippen molar-refractivity contribution in [3.8, 4) is 0 Å². The van der Waals surface area contributed by atoms with Crippen LogP contribution in [0, 0.1) is 17.8 Å². The lowest BCUT2D eigenvalue weighted by Gasteiger charge is -2.30. The van der Waals surface area contributed by atoms with Crippen LogP contribution < -0.4 is 16.0 Å². The van der Waals surface area contributed by atoms with Gasteiger partial charge in [-0.2, -0.15) is 0 Å². The number of hydrogen-bond acceptors (Lipinski definition) is 3. The van der Waals surface area contributed by atoms with E-state index in [9.17, 15) is 4.79 Å². The topological polar surface area (TPSA) is 58.4 Å². The van der Waals surface area contributed by atoms with Crippen LogP contribution >= 0.6 is 24.8 Å². The van der Waals surface area contributed by atoms with Crippen LogP contribution in [-0.2, 0) is 4.79 Å². The first-order valence-electron chi connectivity index (χ1n) is 8.39. The van der Waals surface area contributed by atoms with Crippen LogP contribution in [0.1, 0.15) is 26.2 Å². The second-order valence-corrected chi connectivity index (χ2v) is 6.98. The smallest absolute Gasteiger partial charge is 0.225 e. The first kappa shape index (κ1) is 21.1. The molecule has 2 aliphatic carbocycles. The second kappa shape index (κ2) is 8.93. The zero-order valence-electron chi connectivity index (χ0n) is 14.4. The first-order chi connectivity index (χ1) is 10.6. The molecule has 1 amide bonds. The van der Waals surface area contributed by atoms with Crippen molar-refractivity contribution in [2.45, 2.75) is 38.3 Å². The van der Waals surface area contributed by atoms with Gasteiger partial charge in [0.2, 0.25) is 5.91 Å². The van der Waals surface area contributed by atoms with Gasteiger partial charge in [0, 0.05) is 31.4 Å². The predicted molar refractivity (Wildman–Crippen MR) is 104 cm³/mol. The van der Waals surface area contributed by atoms with E-state index in [1.807, 2.05) is 18.2 Å². The van der Waals surface area contributed by atoms with Gasteiger partial charge in [0.15, 0.2) is 0 Å². The summed E-state index contributed by atoms with van der Waals surface area (Å²) in [6, 6.07) is 10.6. The summed E-state index contributed by atoms with van der Waals surface area (Å²) >= 11 is 0. The van der Waals surface area contributed by atoms with E-state index >= 15 is 0 Å². The number of nitrogens with zero attached hydrogens (tertiary/aromatic N) is 1. The zero-order valence-corrected chi connectivity index (χ0v) is 16.0. The lowest BCUT2D eigenvalue weighted by molar-refractivity contribution is -0.127. The summed E-state index contributed by atoms with van der Waals surface area (Å²) in [5.74, 6) is 1.29. The molecule has 5 unspecified atom stereocenters. The van der Waals surface area contributed by atoms with E-state index in [2.05, 4.69) is 36.3 Å². The van der Waals surface area contributed by atoms with E-state index in [1.165, 1.54) is 18.5 Å². The highest BCUT2D eigenvalue weighted by Crippen LogP contribution is 2.47. The van der Waals surface area contributed by atoms with Crippen LogP contribution in [0.2, 0.25) is 0 Å². The number of carbonyl (C=O) groups is 1. The zero-order chi connectivity index (χ0) is 15.7. The van der Waals surface area contributed by atoms with Crippen LogP contribution in [0.4, 0.5) is 5.69 Å². The van der Waals surface area contributed by atoms with E-state index < -0.39 is 0 Å². The van der Waals surface area contributed by atoms with Crippen LogP contribution in [0.25, 0.3) is 0 Å². The molecule has 6 heteroatoms. The normalized spacial score (nSPS) is 28.5. The Morgan fingerprint density at radius 2 is 1.88 bits per heavy atom. The lowest BCUT2D eigenvalue weighted by Crippen LogP contribution is -2.48. The molecule has 2 saturated carbocycles. The maximum Gasteiger partial charge on any atom is 0.225 e. The van der Waals surface area contributed by atoms with Gasteiger partial charge < -0.3 is 16.0 Å². The summed E-state index contributed by atoms with van der Waals surface area (Å²) < 4.78 is 0. The van der Waals surface area contributed by atoms with E-state index in [0.717, 1.165) is 6.42 Å². The third kappa shape index (κ3) is 4.16. The Labute approximate surface area is 157 Å². The molecule has 3 rings (SSSR count). The number of rotatable bonds is 5. The molecule has 0 saturated heterocycles. The monoisotopic (exact) mass is 373 g/mol. The van der Waals surface area contributed by atoms with E-state index in [-0.39, 0.29) is 48.7 Å². The number of halogens is 2. The summed E-state index contributed by atoms with van der Waals surface area (Å²) in [7, 11) is 2.06. The van der Waals surface area contributed by atoms with Gasteiger partial charge in [-0.25, -0.2) is 0 Å². The van der Waals surface area contributed by atoms with Crippen LogP contribution in [0.5, 0.6) is 0 Å². The van der Waals surface area contributed by atoms with Gasteiger partial charge in [-0.1, -0.05) is 18.2 Å². The predicted octanol–water partition coefficient (Wildman–Crippen LogP) is 2.84. The number of amides is 1. The Morgan fingerprint density at radius 1 is 1.25 bits per heavy atom. The summed E-state index contributed by atoms with van der Waals surface area (Å²) in [6.07, 6.45) is 3.54. The molecule has 0 aromatic heterocycles. The van der Waals surface area contributed by atoms with E-state index in [1.54, 1.807) is 0 Å². The molecule has 4 nitrogen and oxygen atoms in total. The van der Waals surface area contributed by atoms with Crippen LogP contribution in [-0.4, -0.2) is 31.6 Å². The number of benzene rings is 1. The van der Waals surface area contributed by atoms with Crippen LogP contribution in [0.15, 0.2) is 30.3 Å². The number of likely N-dealkylation sites (N-methyl/N-ethyl adjacent to an activating group) is 1. The molecule has 2 fully saturated rings. The second-order valence-electron chi connectivity index (χ2n) is 6.98. The quantitative estimate of drug-likeness (QED) is 0.833. The molecular weight excluding hydrogens is 345 g/mol. The molecule has 0 radical (unpaired) electrons. The Hall–Kier alpha value is -0.970. The van der Waals surface area contributed by atoms with E-state index in [4.69, 9.17) is 5.73 Å². The van der Waals surface area contributed by atoms with Gasteiger partial charge in [-0.15, -0.1) is 24.8 Å². The highest BCUT2D eigenvalue weighted by atomic mass is 35.5. The minimum absolute atomic E-state index is 0. The Balaban J connectivity index is 0.00000144. The number of nitrogens with one attached hydrogen (secondary N) is 1. The van der Waals surface area contributed by atoms with Crippen molar-refractivity contribution < 1.29 is 4.79 Å². The number of fused-ring (bicyclic) bond motifs is 2. The highest BCUT2D eigenvalue weighted by Gasteiger charge is 2.48. The molecule has 2 bridgehead atoms. The van der Waals surface area contributed by atoms with Crippen molar-refractivity contribution in [3.05, 3.63) is 30.3 Å². The number of nitrogens with two attached hydrogens (primary N) is 1. The first-order valence-corrected chi connectivity index (χ1v) is 8.39. The average Bonchev–Trinajstić information content (AvgIpc) is 3.13. The molecule has 136 valence electrons. The van der Waals surface area contributed by atoms with Crippen molar-refractivity contribution >= 4 is 36.4 Å². The summed E-state index contributed by atoms with van der Waals surface area (Å²) in [5, 5.41) is 3.13. The maximum atomic E-state index is 12.5. The molecule has 2 aliphatic rings. The lowest BCUT2D eigenvalue weighted by atomic mass is 9.84. The molecule has 1 aromatic rings. The van der Waals surface area contributed by atoms with Crippen molar-refractivity contribution in [2.24, 2.45) is 23.5 Å². The molecule has 1 aromatic carbocycles. The SMILES string of the molecule is CC(CNC(=O)C1C2CCC(C2)C1N)N(C)c1ccccc1.Cl.Cl. The number of para-hydroxylation sites is 1. The Morgan fingerprint density at radius 3 is 2.46 bits per heavy atom. The van der Waals surface area contributed by atoms with Crippen molar-refractivity contribution in [1.82, 2.24) is 5.32 Å². The Bertz CT molecular complexity index is 526. The molecule has 0 spiro atoms. The van der Waals surface area contributed by atoms with Gasteiger partial charge in [0.25, 0.3) is 0 Å². The van der Waals surface area contributed by atoms with Crippen molar-refractivity contribution in [2.75, 3.05) is 18.5 Å². The maximum absolute atomic E-state index is 12.5. The molecule has 0 aliphatic heterocycles. The van der Waals surface area contributed by atoms with Crippen LogP contribution in [0.3, 0.4) is 0 Å². The molecule has 3 N–H and O–H groups in total. The van der Waals surface area contributed by atoms with Gasteiger partial charge in [0.05, 0.1) is 5.92 Å². The molecule has 0 heterocycles. The number of anilines is 1. The van der Waals surface area contributed by atoms with Gasteiger partial charge in [0.1, 0.15) is 0 Å². The highest BCUT2D eigenvalue weighted by molar-refractivity contribution is 5.85. The minimum Gasteiger partial charge on any atom is -0.370 e. The van der Waals surface area contributed by atoms with E-state index in [0.29, 0.717) is 18.4 Å². The third-order valence-corrected chi connectivity index (χ3v) is 5.68. The van der Waals surface area contributed by atoms with Crippen molar-refractivity contribution in [3.63, 3.8) is 0 Å². The fourth-order valence-corrected chi connectivity index (χ4v) is 4.15. The summed E-state index contributed by atoms with van der Waals surface area (Å²) in [4.78, 5) is 14.7. The fraction of sp³-hybridized carbons (Fsp3) is 0.611. The van der Waals surface area contributed by atoms with Crippen molar-refractivity contribution in [1.29, 1.82) is 0 Å². The standard InChI is InChI=1S/C18H27N3O.2ClH/c1-12(21(2)15-6-4-3-5-7-15)11-20-18(22)16-13-8-9-14(10-13)17(16)19;;/h3-7,12-14,16-17H,8-11,19H2,1-2H3,(H,20,22);2*1H. The minimum atomic E-state index is 0. The molecule has 5 atom stereocenters. The molecular formula is C18H29Cl2N3O. The summed E-state index contributed by atoms with van der Waals surface area (Å²) in [5.41, 5.74) is 7.42. The van der Waals surface area contributed by atoms with Gasteiger partial charge >= 0.3 is 0 Å². The number of carbonyl (C=O) groups excluding carboxylic acids is 1. The Kier molecular flexibility index (Phi) is 7.84. The third-order valence-electron chi connectivity index (χ3n) is 5.68. The molecule has 24 heavy (non-hydrogen) atoms. The number of hydrogen-bond donors (Lipinski definition) is 2. The summed E-state index contributed by atoms with van der Waals surface area (Å²) in [6.45, 7) is 2.79. The average molecular weight is 374 g/mol. The van der Waals surface area contributed by atoms with Gasteiger partial charge in [-0.3, -0.25) is 4.79 Å². The largest absolute Gasteiger partial charge is 0.370 e.